The van der Waals surface area contributed by atoms with Gasteiger partial charge in [-0.15, -0.1) is 0 Å². The molecule has 3 aliphatic carbocycles. The molecule has 0 aromatic heterocycles. The van der Waals surface area contributed by atoms with E-state index in [1.165, 1.54) is 5.56 Å². The Labute approximate surface area is 77.8 Å². The zero-order valence-corrected chi connectivity index (χ0v) is 7.44. The van der Waals surface area contributed by atoms with Crippen LogP contribution in [0.2, 0.25) is 0 Å². The molecule has 0 saturated heterocycles. The average Bonchev–Trinajstić information content (AvgIpc) is 2.77. The summed E-state index contributed by atoms with van der Waals surface area (Å²) >= 11 is 0. The number of hydrogen-bond donors (Lipinski definition) is 0. The predicted octanol–water partition coefficient (Wildman–Crippen LogP) is 2.38. The van der Waals surface area contributed by atoms with Crippen molar-refractivity contribution in [2.24, 2.45) is 11.8 Å². The molecule has 3 aliphatic rings. The average molecular weight is 172 g/mol. The van der Waals surface area contributed by atoms with E-state index in [2.05, 4.69) is 24.3 Å². The molecule has 1 nitrogen and oxygen atoms in total. The van der Waals surface area contributed by atoms with E-state index >= 15 is 0 Å². The highest BCUT2D eigenvalue weighted by Gasteiger charge is 2.54. The number of hydrogen-bond acceptors (Lipinski definition) is 1. The summed E-state index contributed by atoms with van der Waals surface area (Å²) in [7, 11) is 0. The van der Waals surface area contributed by atoms with Crippen molar-refractivity contribution in [1.29, 1.82) is 0 Å². The Balaban J connectivity index is 1.94. The Morgan fingerprint density at radius 3 is 2.15 bits per heavy atom. The molecule has 0 heterocycles. The van der Waals surface area contributed by atoms with Crippen molar-refractivity contribution in [3.63, 3.8) is 0 Å². The number of fused-ring (bicyclic) bond motifs is 1. The molecule has 3 saturated carbocycles. The highest BCUT2D eigenvalue weighted by molar-refractivity contribution is 5.94. The third-order valence-electron chi connectivity index (χ3n) is 3.57. The van der Waals surface area contributed by atoms with Crippen LogP contribution in [0.25, 0.3) is 0 Å². The predicted molar refractivity (Wildman–Crippen MR) is 50.4 cm³/mol. The molecule has 2 atom stereocenters. The molecule has 1 aromatic rings. The van der Waals surface area contributed by atoms with Gasteiger partial charge in [0.2, 0.25) is 0 Å². The van der Waals surface area contributed by atoms with Gasteiger partial charge in [0, 0.05) is 17.8 Å². The Morgan fingerprint density at radius 1 is 1.00 bits per heavy atom. The highest BCUT2D eigenvalue weighted by Crippen LogP contribution is 2.55. The Bertz CT molecular complexity index is 327. The molecule has 0 N–H and O–H groups in total. The molecule has 1 heteroatoms. The lowest BCUT2D eigenvalue weighted by Crippen LogP contribution is -2.37. The van der Waals surface area contributed by atoms with Gasteiger partial charge in [0.1, 0.15) is 5.78 Å². The Hall–Kier alpha value is -1.11. The summed E-state index contributed by atoms with van der Waals surface area (Å²) < 4.78 is 0. The van der Waals surface area contributed by atoms with E-state index < -0.39 is 0 Å². The van der Waals surface area contributed by atoms with E-state index in [1.54, 1.807) is 0 Å². The summed E-state index contributed by atoms with van der Waals surface area (Å²) in [5, 5.41) is 0. The summed E-state index contributed by atoms with van der Waals surface area (Å²) in [6.07, 6.45) is 2.26. The van der Waals surface area contributed by atoms with Gasteiger partial charge in [0.25, 0.3) is 0 Å². The van der Waals surface area contributed by atoms with Gasteiger partial charge in [-0.05, 0) is 18.4 Å². The van der Waals surface area contributed by atoms with Gasteiger partial charge in [0.05, 0.1) is 0 Å². The van der Waals surface area contributed by atoms with E-state index in [9.17, 15) is 4.79 Å². The van der Waals surface area contributed by atoms with Crippen molar-refractivity contribution >= 4 is 5.78 Å². The van der Waals surface area contributed by atoms with Gasteiger partial charge in [0.15, 0.2) is 0 Å². The van der Waals surface area contributed by atoms with Gasteiger partial charge >= 0.3 is 0 Å². The first kappa shape index (κ1) is 7.31. The second kappa shape index (κ2) is 2.44. The molecule has 4 rings (SSSR count). The minimum atomic E-state index is 0.368. The maximum absolute atomic E-state index is 11.4. The van der Waals surface area contributed by atoms with Crippen LogP contribution in [0.1, 0.15) is 24.3 Å². The maximum atomic E-state index is 11.4. The standard InChI is InChI=1S/C12H12O/c13-12-9-6-7-10(12)11(9)8-4-2-1-3-5-8/h1-5,9-11H,6-7H2. The molecule has 0 aliphatic heterocycles. The molecule has 0 spiro atoms. The topological polar surface area (TPSA) is 17.1 Å². The number of carbonyl (C=O) groups excluding carboxylic acids is 1. The maximum Gasteiger partial charge on any atom is 0.140 e. The molecule has 0 amide bonds. The van der Waals surface area contributed by atoms with Crippen LogP contribution < -0.4 is 0 Å². The monoisotopic (exact) mass is 172 g/mol. The number of benzene rings is 1. The van der Waals surface area contributed by atoms with E-state index in [4.69, 9.17) is 0 Å². The number of ketones is 1. The number of rotatable bonds is 1. The first-order valence-corrected chi connectivity index (χ1v) is 4.96. The summed E-state index contributed by atoms with van der Waals surface area (Å²) in [5.74, 6) is 1.82. The lowest BCUT2D eigenvalue weighted by atomic mass is 9.67. The van der Waals surface area contributed by atoms with Gasteiger partial charge in [-0.3, -0.25) is 4.79 Å². The third kappa shape index (κ3) is 0.846. The van der Waals surface area contributed by atoms with Crippen molar-refractivity contribution in [2.45, 2.75) is 18.8 Å². The lowest BCUT2D eigenvalue weighted by molar-refractivity contribution is -0.132. The first-order valence-electron chi connectivity index (χ1n) is 4.96. The highest BCUT2D eigenvalue weighted by atomic mass is 16.1. The smallest absolute Gasteiger partial charge is 0.140 e. The van der Waals surface area contributed by atoms with Crippen molar-refractivity contribution in [3.8, 4) is 0 Å². The zero-order chi connectivity index (χ0) is 8.84. The zero-order valence-electron chi connectivity index (χ0n) is 7.44. The SMILES string of the molecule is O=C1C2CCC1C2c1ccccc1. The number of Topliss-reactive ketones (excluding diaryl/α,β-unsaturated/α-hetero) is 1. The minimum absolute atomic E-state index is 0.368. The summed E-state index contributed by atoms with van der Waals surface area (Å²) in [4.78, 5) is 11.4. The minimum Gasteiger partial charge on any atom is -0.299 e. The van der Waals surface area contributed by atoms with E-state index in [0.717, 1.165) is 12.8 Å². The van der Waals surface area contributed by atoms with Crippen molar-refractivity contribution < 1.29 is 4.79 Å². The molecule has 2 unspecified atom stereocenters. The molecule has 3 fully saturated rings. The lowest BCUT2D eigenvalue weighted by Gasteiger charge is -2.34. The van der Waals surface area contributed by atoms with Crippen LogP contribution in [-0.4, -0.2) is 5.78 Å². The first-order chi connectivity index (χ1) is 6.38. The van der Waals surface area contributed by atoms with Crippen LogP contribution in [0, 0.1) is 11.8 Å². The van der Waals surface area contributed by atoms with Crippen LogP contribution in [0.4, 0.5) is 0 Å². The summed E-state index contributed by atoms with van der Waals surface area (Å²) in [5.41, 5.74) is 1.37. The third-order valence-corrected chi connectivity index (χ3v) is 3.57. The molecule has 2 bridgehead atoms. The van der Waals surface area contributed by atoms with Crippen LogP contribution in [0.3, 0.4) is 0 Å². The Morgan fingerprint density at radius 2 is 1.62 bits per heavy atom. The fraction of sp³-hybridized carbons (Fsp3) is 0.417. The Kier molecular flexibility index (Phi) is 1.37. The normalized spacial score (nSPS) is 36.0. The van der Waals surface area contributed by atoms with E-state index in [0.29, 0.717) is 23.5 Å². The number of carbonyl (C=O) groups is 1. The largest absolute Gasteiger partial charge is 0.299 e. The van der Waals surface area contributed by atoms with Gasteiger partial charge in [-0.25, -0.2) is 0 Å². The fourth-order valence-corrected chi connectivity index (χ4v) is 2.93. The van der Waals surface area contributed by atoms with Crippen molar-refractivity contribution in [1.82, 2.24) is 0 Å². The molecular formula is C12H12O. The van der Waals surface area contributed by atoms with Crippen LogP contribution in [0.15, 0.2) is 30.3 Å². The molecular weight excluding hydrogens is 160 g/mol. The van der Waals surface area contributed by atoms with E-state index in [-0.39, 0.29) is 0 Å². The fourth-order valence-electron chi connectivity index (χ4n) is 2.93. The second-order valence-corrected chi connectivity index (χ2v) is 4.13. The molecule has 0 radical (unpaired) electrons. The van der Waals surface area contributed by atoms with Crippen LogP contribution >= 0.6 is 0 Å². The molecule has 1 aromatic carbocycles. The van der Waals surface area contributed by atoms with Crippen molar-refractivity contribution in [3.05, 3.63) is 35.9 Å². The summed E-state index contributed by atoms with van der Waals surface area (Å²) in [6, 6.07) is 10.5. The quantitative estimate of drug-likeness (QED) is 0.635. The van der Waals surface area contributed by atoms with Crippen molar-refractivity contribution in [2.75, 3.05) is 0 Å². The van der Waals surface area contributed by atoms with Crippen LogP contribution in [-0.2, 0) is 4.79 Å². The second-order valence-electron chi connectivity index (χ2n) is 4.13. The molecule has 13 heavy (non-hydrogen) atoms. The van der Waals surface area contributed by atoms with Gasteiger partial charge < -0.3 is 0 Å². The van der Waals surface area contributed by atoms with Crippen LogP contribution in [0.5, 0.6) is 0 Å². The van der Waals surface area contributed by atoms with Gasteiger partial charge in [-0.2, -0.15) is 0 Å². The van der Waals surface area contributed by atoms with E-state index in [1.807, 2.05) is 6.07 Å². The molecule has 66 valence electrons. The van der Waals surface area contributed by atoms with Gasteiger partial charge in [-0.1, -0.05) is 30.3 Å². The summed E-state index contributed by atoms with van der Waals surface area (Å²) in [6.45, 7) is 0.